The molecule has 8 nitrogen and oxygen atoms in total. The zero-order valence-electron chi connectivity index (χ0n) is 19.1. The fraction of sp³-hybridized carbons (Fsp3) is 0.360. The van der Waals surface area contributed by atoms with Crippen LogP contribution >= 0.6 is 0 Å². The molecule has 3 aromatic rings. The molecule has 0 aliphatic carbocycles. The first-order chi connectivity index (χ1) is 16.3. The molecule has 34 heavy (non-hydrogen) atoms. The van der Waals surface area contributed by atoms with E-state index in [9.17, 15) is 13.2 Å². The molecule has 1 aromatic heterocycles. The number of para-hydroxylation sites is 1. The van der Waals surface area contributed by atoms with E-state index in [0.29, 0.717) is 25.3 Å². The monoisotopic (exact) mass is 483 g/mol. The number of benzene rings is 2. The lowest BCUT2D eigenvalue weighted by molar-refractivity contribution is -0.130. The number of hydrogen-bond donors (Lipinski definition) is 3. The summed E-state index contributed by atoms with van der Waals surface area (Å²) in [5.74, 6) is -0.273. The summed E-state index contributed by atoms with van der Waals surface area (Å²) in [6.45, 7) is 2.90. The Morgan fingerprint density at radius 2 is 1.94 bits per heavy atom. The van der Waals surface area contributed by atoms with Crippen LogP contribution < -0.4 is 15.5 Å². The van der Waals surface area contributed by atoms with E-state index >= 15 is 0 Å². The van der Waals surface area contributed by atoms with Crippen molar-refractivity contribution in [3.8, 4) is 5.75 Å². The number of rotatable bonds is 8. The highest BCUT2D eigenvalue weighted by Crippen LogP contribution is 2.29. The molecule has 9 heteroatoms. The van der Waals surface area contributed by atoms with Crippen molar-refractivity contribution in [2.75, 3.05) is 12.3 Å². The number of aromatic nitrogens is 1. The molecule has 1 fully saturated rings. The highest BCUT2D eigenvalue weighted by molar-refractivity contribution is 7.91. The van der Waals surface area contributed by atoms with Gasteiger partial charge in [-0.05, 0) is 62.7 Å². The molecule has 1 unspecified atom stereocenters. The quantitative estimate of drug-likeness (QED) is 0.332. The standard InChI is InChI=1S/C25H29N3O5S/c1-18-14-19(22-6-2-3-7-23(22)27-18)16-33-20-8-10-21(11-9-20)34(31,32)17-25(15-24(29)28-30)12-4-5-13-26-25/h2-3,6-11,14,26,30H,4-5,12-13,15-17H2,1H3,(H,28,29). The number of sulfone groups is 1. The number of nitrogens with one attached hydrogen (secondary N) is 2. The molecule has 0 spiro atoms. The summed E-state index contributed by atoms with van der Waals surface area (Å²) in [4.78, 5) is 16.5. The highest BCUT2D eigenvalue weighted by Gasteiger charge is 2.39. The number of aryl methyl sites for hydroxylation is 1. The summed E-state index contributed by atoms with van der Waals surface area (Å²) in [7, 11) is -3.68. The zero-order valence-corrected chi connectivity index (χ0v) is 19.9. The molecule has 1 amide bonds. The van der Waals surface area contributed by atoms with E-state index in [1.807, 2.05) is 37.3 Å². The minimum atomic E-state index is -3.68. The normalized spacial score (nSPS) is 18.5. The fourth-order valence-electron chi connectivity index (χ4n) is 4.57. The lowest BCUT2D eigenvalue weighted by Gasteiger charge is -2.37. The van der Waals surface area contributed by atoms with Gasteiger partial charge in [-0.25, -0.2) is 13.9 Å². The van der Waals surface area contributed by atoms with Crippen molar-refractivity contribution in [1.82, 2.24) is 15.8 Å². The molecule has 1 saturated heterocycles. The smallest absolute Gasteiger partial charge is 0.245 e. The molecule has 2 heterocycles. The van der Waals surface area contributed by atoms with Gasteiger partial charge in [-0.3, -0.25) is 15.0 Å². The van der Waals surface area contributed by atoms with Crippen LogP contribution in [-0.2, 0) is 21.2 Å². The topological polar surface area (TPSA) is 118 Å². The lowest BCUT2D eigenvalue weighted by Crippen LogP contribution is -2.55. The number of piperidine rings is 1. The van der Waals surface area contributed by atoms with E-state index in [1.165, 1.54) is 12.1 Å². The van der Waals surface area contributed by atoms with Crippen molar-refractivity contribution >= 4 is 26.6 Å². The van der Waals surface area contributed by atoms with E-state index in [1.54, 1.807) is 17.6 Å². The van der Waals surface area contributed by atoms with Crippen molar-refractivity contribution < 1.29 is 23.2 Å². The third kappa shape index (κ3) is 5.55. The SMILES string of the molecule is Cc1cc(COc2ccc(S(=O)(=O)CC3(CC(=O)NO)CCCCN3)cc2)c2ccccc2n1. The molecular formula is C25H29N3O5S. The zero-order chi connectivity index (χ0) is 24.2. The van der Waals surface area contributed by atoms with Gasteiger partial charge in [0.2, 0.25) is 5.91 Å². The molecule has 0 radical (unpaired) electrons. The number of amides is 1. The van der Waals surface area contributed by atoms with Gasteiger partial charge in [0, 0.05) is 28.6 Å². The average Bonchev–Trinajstić information content (AvgIpc) is 2.82. The highest BCUT2D eigenvalue weighted by atomic mass is 32.2. The Bertz CT molecular complexity index is 1270. The third-order valence-corrected chi connectivity index (χ3v) is 8.10. The van der Waals surface area contributed by atoms with Crippen LogP contribution in [0, 0.1) is 6.92 Å². The van der Waals surface area contributed by atoms with Gasteiger partial charge in [-0.1, -0.05) is 24.6 Å². The molecule has 3 N–H and O–H groups in total. The van der Waals surface area contributed by atoms with E-state index in [-0.39, 0.29) is 17.1 Å². The molecule has 0 bridgehead atoms. The minimum absolute atomic E-state index is 0.108. The molecule has 2 aromatic carbocycles. The first-order valence-electron chi connectivity index (χ1n) is 11.3. The van der Waals surface area contributed by atoms with Crippen LogP contribution in [0.2, 0.25) is 0 Å². The number of nitrogens with zero attached hydrogens (tertiary/aromatic N) is 1. The first kappa shape index (κ1) is 24.1. The number of carbonyl (C=O) groups is 1. The molecule has 1 aliphatic heterocycles. The van der Waals surface area contributed by atoms with Crippen LogP contribution in [0.3, 0.4) is 0 Å². The Morgan fingerprint density at radius 1 is 1.18 bits per heavy atom. The number of carbonyl (C=O) groups excluding carboxylic acids is 1. The second-order valence-electron chi connectivity index (χ2n) is 8.84. The van der Waals surface area contributed by atoms with E-state index in [4.69, 9.17) is 9.94 Å². The molecular weight excluding hydrogens is 454 g/mol. The number of fused-ring (bicyclic) bond motifs is 1. The Hall–Kier alpha value is -3.01. The van der Waals surface area contributed by atoms with Crippen LogP contribution in [0.15, 0.2) is 59.5 Å². The van der Waals surface area contributed by atoms with Crippen molar-refractivity contribution in [3.63, 3.8) is 0 Å². The maximum atomic E-state index is 13.2. The average molecular weight is 484 g/mol. The predicted molar refractivity (Wildman–Crippen MR) is 128 cm³/mol. The van der Waals surface area contributed by atoms with E-state index in [0.717, 1.165) is 35.0 Å². The predicted octanol–water partition coefficient (Wildman–Crippen LogP) is 3.30. The van der Waals surface area contributed by atoms with Gasteiger partial charge < -0.3 is 10.1 Å². The van der Waals surface area contributed by atoms with Crippen LogP contribution in [-0.4, -0.2) is 42.4 Å². The molecule has 1 atom stereocenters. The number of pyridine rings is 1. The summed E-state index contributed by atoms with van der Waals surface area (Å²) >= 11 is 0. The van der Waals surface area contributed by atoms with Gasteiger partial charge in [0.05, 0.1) is 16.2 Å². The molecule has 1 aliphatic rings. The minimum Gasteiger partial charge on any atom is -0.489 e. The summed E-state index contributed by atoms with van der Waals surface area (Å²) in [6.07, 6.45) is 2.17. The Morgan fingerprint density at radius 3 is 2.65 bits per heavy atom. The van der Waals surface area contributed by atoms with Gasteiger partial charge in [0.15, 0.2) is 9.84 Å². The van der Waals surface area contributed by atoms with E-state index < -0.39 is 21.3 Å². The Labute approximate surface area is 199 Å². The van der Waals surface area contributed by atoms with Gasteiger partial charge in [-0.2, -0.15) is 0 Å². The Kier molecular flexibility index (Phi) is 7.16. The van der Waals surface area contributed by atoms with Crippen molar-refractivity contribution in [3.05, 3.63) is 65.9 Å². The second kappa shape index (κ2) is 10.1. The maximum absolute atomic E-state index is 13.2. The Balaban J connectivity index is 1.48. The number of ether oxygens (including phenoxy) is 1. The van der Waals surface area contributed by atoms with Crippen LogP contribution in [0.4, 0.5) is 0 Å². The van der Waals surface area contributed by atoms with Gasteiger partial charge in [0.1, 0.15) is 12.4 Å². The van der Waals surface area contributed by atoms with Crippen LogP contribution in [0.5, 0.6) is 5.75 Å². The van der Waals surface area contributed by atoms with Crippen LogP contribution in [0.1, 0.15) is 36.9 Å². The summed E-state index contributed by atoms with van der Waals surface area (Å²) < 4.78 is 32.3. The third-order valence-electron chi connectivity index (χ3n) is 6.18. The number of hydroxylamine groups is 1. The van der Waals surface area contributed by atoms with Gasteiger partial charge >= 0.3 is 0 Å². The first-order valence-corrected chi connectivity index (χ1v) is 12.9. The summed E-state index contributed by atoms with van der Waals surface area (Å²) in [6, 6.07) is 16.2. The number of hydrogen-bond acceptors (Lipinski definition) is 7. The fourth-order valence-corrected chi connectivity index (χ4v) is 6.36. The van der Waals surface area contributed by atoms with Crippen molar-refractivity contribution in [2.45, 2.75) is 49.6 Å². The maximum Gasteiger partial charge on any atom is 0.245 e. The largest absolute Gasteiger partial charge is 0.489 e. The summed E-state index contributed by atoms with van der Waals surface area (Å²) in [5, 5.41) is 13.2. The van der Waals surface area contributed by atoms with Gasteiger partial charge in [-0.15, -0.1) is 0 Å². The molecule has 180 valence electrons. The molecule has 4 rings (SSSR count). The van der Waals surface area contributed by atoms with Crippen LogP contribution in [0.25, 0.3) is 10.9 Å². The van der Waals surface area contributed by atoms with Crippen molar-refractivity contribution in [1.29, 1.82) is 0 Å². The van der Waals surface area contributed by atoms with Gasteiger partial charge in [0.25, 0.3) is 0 Å². The van der Waals surface area contributed by atoms with Crippen molar-refractivity contribution in [2.24, 2.45) is 0 Å². The lowest BCUT2D eigenvalue weighted by atomic mass is 9.87. The second-order valence-corrected chi connectivity index (χ2v) is 10.8. The summed E-state index contributed by atoms with van der Waals surface area (Å²) in [5.41, 5.74) is 3.53. The molecule has 0 saturated carbocycles. The van der Waals surface area contributed by atoms with E-state index in [2.05, 4.69) is 10.3 Å².